The molecule has 0 saturated heterocycles. The highest BCUT2D eigenvalue weighted by atomic mass is 16.5. The lowest BCUT2D eigenvalue weighted by molar-refractivity contribution is 0.180. The molecule has 0 aliphatic carbocycles. The Hall–Kier alpha value is -3.67. The van der Waals surface area contributed by atoms with Crippen LogP contribution in [0.15, 0.2) is 66.7 Å². The number of ether oxygens (including phenoxy) is 1. The van der Waals surface area contributed by atoms with E-state index in [1.165, 1.54) is 17.5 Å². The van der Waals surface area contributed by atoms with Gasteiger partial charge in [-0.15, -0.1) is 0 Å². The number of aryl methyl sites for hydroxylation is 1. The summed E-state index contributed by atoms with van der Waals surface area (Å²) in [5.41, 5.74) is 12.1. The van der Waals surface area contributed by atoms with E-state index in [0.717, 1.165) is 28.0 Å². The number of aromatic nitrogens is 4. The van der Waals surface area contributed by atoms with Gasteiger partial charge < -0.3 is 10.5 Å². The third-order valence-corrected chi connectivity index (χ3v) is 5.06. The molecule has 6 nitrogen and oxygen atoms in total. The van der Waals surface area contributed by atoms with Gasteiger partial charge in [0.05, 0.1) is 11.1 Å². The highest BCUT2D eigenvalue weighted by molar-refractivity contribution is 5.88. The van der Waals surface area contributed by atoms with Gasteiger partial charge in [0, 0.05) is 5.57 Å². The number of benzene rings is 2. The van der Waals surface area contributed by atoms with E-state index < -0.39 is 0 Å². The fourth-order valence-electron chi connectivity index (χ4n) is 3.78. The smallest absolute Gasteiger partial charge is 0.164 e. The first-order valence-electron chi connectivity index (χ1n) is 9.15. The third kappa shape index (κ3) is 2.62. The van der Waals surface area contributed by atoms with Crippen molar-refractivity contribution < 1.29 is 4.74 Å². The topological polar surface area (TPSA) is 78.8 Å². The predicted molar refractivity (Wildman–Crippen MR) is 108 cm³/mol. The predicted octanol–water partition coefficient (Wildman–Crippen LogP) is 3.71. The molecule has 0 unspecified atom stereocenters. The van der Waals surface area contributed by atoms with E-state index in [4.69, 9.17) is 10.5 Å². The lowest BCUT2D eigenvalue weighted by atomic mass is 9.91. The van der Waals surface area contributed by atoms with E-state index in [1.54, 1.807) is 0 Å². The Morgan fingerprint density at radius 1 is 1.04 bits per heavy atom. The molecular formula is C22H19N5O. The van der Waals surface area contributed by atoms with Gasteiger partial charge in [-0.25, -0.2) is 14.6 Å². The maximum absolute atomic E-state index is 6.21. The minimum absolute atomic E-state index is 0.445. The average Bonchev–Trinajstić information content (AvgIpc) is 3.05. The van der Waals surface area contributed by atoms with E-state index in [2.05, 4.69) is 45.4 Å². The molecule has 0 atom stereocenters. The molecule has 0 fully saturated rings. The summed E-state index contributed by atoms with van der Waals surface area (Å²) in [5.74, 6) is 1.31. The fourth-order valence-corrected chi connectivity index (χ4v) is 3.78. The number of fused-ring (bicyclic) bond motifs is 2. The molecule has 5 rings (SSSR count). The number of anilines is 1. The summed E-state index contributed by atoms with van der Waals surface area (Å²) in [6, 6.07) is 18.7. The van der Waals surface area contributed by atoms with Gasteiger partial charge in [0.15, 0.2) is 5.65 Å². The summed E-state index contributed by atoms with van der Waals surface area (Å²) in [5, 5.41) is 5.44. The molecule has 4 aromatic rings. The Morgan fingerprint density at radius 3 is 2.68 bits per heavy atom. The number of hydrogen-bond acceptors (Lipinski definition) is 5. The SMILES string of the molecule is Cc1nn(CC2=C(c3ccccc3)c3ccccc3CO2)c2ncnc(N)c12. The van der Waals surface area contributed by atoms with Crippen LogP contribution in [0.2, 0.25) is 0 Å². The van der Waals surface area contributed by atoms with E-state index in [1.807, 2.05) is 35.9 Å². The molecular weight excluding hydrogens is 350 g/mol. The number of nitrogens with two attached hydrogens (primary N) is 1. The van der Waals surface area contributed by atoms with E-state index in [9.17, 15) is 0 Å². The van der Waals surface area contributed by atoms with Gasteiger partial charge in [-0.05, 0) is 23.6 Å². The lowest BCUT2D eigenvalue weighted by Gasteiger charge is -2.24. The van der Waals surface area contributed by atoms with Crippen molar-refractivity contribution in [2.45, 2.75) is 20.1 Å². The van der Waals surface area contributed by atoms with Crippen LogP contribution >= 0.6 is 0 Å². The monoisotopic (exact) mass is 369 g/mol. The second-order valence-corrected chi connectivity index (χ2v) is 6.81. The molecule has 2 aromatic heterocycles. The van der Waals surface area contributed by atoms with Crippen molar-refractivity contribution in [1.29, 1.82) is 0 Å². The van der Waals surface area contributed by atoms with Crippen molar-refractivity contribution in [1.82, 2.24) is 19.7 Å². The zero-order chi connectivity index (χ0) is 19.1. The van der Waals surface area contributed by atoms with Crippen molar-refractivity contribution in [2.24, 2.45) is 0 Å². The average molecular weight is 369 g/mol. The highest BCUT2D eigenvalue weighted by Crippen LogP contribution is 2.35. The van der Waals surface area contributed by atoms with E-state index in [-0.39, 0.29) is 0 Å². The lowest BCUT2D eigenvalue weighted by Crippen LogP contribution is -2.14. The van der Waals surface area contributed by atoms with Crippen LogP contribution in [-0.4, -0.2) is 19.7 Å². The first kappa shape index (κ1) is 16.5. The van der Waals surface area contributed by atoms with Gasteiger partial charge >= 0.3 is 0 Å². The summed E-state index contributed by atoms with van der Waals surface area (Å²) in [7, 11) is 0. The Morgan fingerprint density at radius 2 is 1.82 bits per heavy atom. The minimum Gasteiger partial charge on any atom is -0.491 e. The van der Waals surface area contributed by atoms with E-state index >= 15 is 0 Å². The van der Waals surface area contributed by atoms with Crippen LogP contribution in [0.5, 0.6) is 0 Å². The van der Waals surface area contributed by atoms with Gasteiger partial charge in [-0.3, -0.25) is 0 Å². The largest absolute Gasteiger partial charge is 0.491 e. The van der Waals surface area contributed by atoms with Gasteiger partial charge in [-0.2, -0.15) is 5.10 Å². The Labute approximate surface area is 162 Å². The maximum Gasteiger partial charge on any atom is 0.164 e. The summed E-state index contributed by atoms with van der Waals surface area (Å²) in [4.78, 5) is 8.49. The van der Waals surface area contributed by atoms with Crippen molar-refractivity contribution in [3.05, 3.63) is 89.1 Å². The first-order chi connectivity index (χ1) is 13.7. The molecule has 28 heavy (non-hydrogen) atoms. The van der Waals surface area contributed by atoms with E-state index in [0.29, 0.717) is 24.6 Å². The summed E-state index contributed by atoms with van der Waals surface area (Å²) in [6.45, 7) is 2.93. The van der Waals surface area contributed by atoms with Crippen molar-refractivity contribution in [3.8, 4) is 0 Å². The number of nitrogen functional groups attached to an aromatic ring is 1. The number of allylic oxidation sites excluding steroid dienone is 1. The molecule has 1 aliphatic rings. The third-order valence-electron chi connectivity index (χ3n) is 5.06. The molecule has 138 valence electrons. The van der Waals surface area contributed by atoms with Gasteiger partial charge in [0.2, 0.25) is 0 Å². The molecule has 0 saturated carbocycles. The van der Waals surface area contributed by atoms with Crippen LogP contribution in [0, 0.1) is 6.92 Å². The molecule has 0 radical (unpaired) electrons. The summed E-state index contributed by atoms with van der Waals surface area (Å²) < 4.78 is 8.05. The van der Waals surface area contributed by atoms with Crippen molar-refractivity contribution >= 4 is 22.4 Å². The Kier molecular flexibility index (Phi) is 3.83. The molecule has 2 aromatic carbocycles. The van der Waals surface area contributed by atoms with Crippen LogP contribution in [0.4, 0.5) is 5.82 Å². The second kappa shape index (κ2) is 6.49. The second-order valence-electron chi connectivity index (χ2n) is 6.81. The standard InChI is InChI=1S/C22H19N5O/c1-14-19-21(23)24-13-25-22(19)27(26-14)11-18-20(15-7-3-2-4-8-15)17-10-6-5-9-16(17)12-28-18/h2-10,13H,11-12H2,1H3,(H2,23,24,25). The Bertz CT molecular complexity index is 1210. The molecule has 0 bridgehead atoms. The van der Waals surface area contributed by atoms with Gasteiger partial charge in [0.25, 0.3) is 0 Å². The van der Waals surface area contributed by atoms with Gasteiger partial charge in [0.1, 0.15) is 31.1 Å². The quantitative estimate of drug-likeness (QED) is 0.596. The maximum atomic E-state index is 6.21. The van der Waals surface area contributed by atoms with Crippen LogP contribution in [0.3, 0.4) is 0 Å². The number of rotatable bonds is 3. The minimum atomic E-state index is 0.445. The van der Waals surface area contributed by atoms with Gasteiger partial charge in [-0.1, -0.05) is 54.6 Å². The van der Waals surface area contributed by atoms with Crippen LogP contribution in [0.25, 0.3) is 16.6 Å². The molecule has 6 heteroatoms. The molecule has 2 N–H and O–H groups in total. The van der Waals surface area contributed by atoms with Crippen LogP contribution in [-0.2, 0) is 17.9 Å². The molecule has 3 heterocycles. The molecule has 0 amide bonds. The molecule has 0 spiro atoms. The summed E-state index contributed by atoms with van der Waals surface area (Å²) in [6.07, 6.45) is 1.47. The number of hydrogen-bond donors (Lipinski definition) is 1. The summed E-state index contributed by atoms with van der Waals surface area (Å²) >= 11 is 0. The first-order valence-corrected chi connectivity index (χ1v) is 9.15. The normalized spacial score (nSPS) is 13.5. The Balaban J connectivity index is 1.69. The zero-order valence-corrected chi connectivity index (χ0v) is 15.5. The van der Waals surface area contributed by atoms with Crippen LogP contribution in [0.1, 0.15) is 22.4 Å². The molecule has 1 aliphatic heterocycles. The van der Waals surface area contributed by atoms with Crippen molar-refractivity contribution in [3.63, 3.8) is 0 Å². The van der Waals surface area contributed by atoms with Crippen molar-refractivity contribution in [2.75, 3.05) is 5.73 Å². The fraction of sp³-hybridized carbons (Fsp3) is 0.136. The van der Waals surface area contributed by atoms with Crippen LogP contribution < -0.4 is 5.73 Å². The highest BCUT2D eigenvalue weighted by Gasteiger charge is 2.23. The zero-order valence-electron chi connectivity index (χ0n) is 15.5. The number of nitrogens with zero attached hydrogens (tertiary/aromatic N) is 4.